The van der Waals surface area contributed by atoms with Gasteiger partial charge in [0.05, 0.1) is 59.8 Å². The van der Waals surface area contributed by atoms with E-state index in [9.17, 15) is 21.6 Å². The zero-order chi connectivity index (χ0) is 73.0. The molecule has 0 radical (unpaired) electrons. The quantitative estimate of drug-likeness (QED) is 0.0500. The number of nitrogens with zero attached hydrogens (tertiary/aromatic N) is 7. The van der Waals surface area contributed by atoms with E-state index in [4.69, 9.17) is 30.5 Å². The van der Waals surface area contributed by atoms with Crippen LogP contribution in [-0.4, -0.2) is 102 Å². The van der Waals surface area contributed by atoms with Gasteiger partial charge in [-0.2, -0.15) is 0 Å². The molecular weight excluding hydrogens is 1370 g/mol. The van der Waals surface area contributed by atoms with Gasteiger partial charge in [0.2, 0.25) is 26.0 Å². The Morgan fingerprint density at radius 1 is 0.481 bits per heavy atom. The Bertz CT molecular complexity index is 5520. The average molecular weight is 1440 g/mol. The van der Waals surface area contributed by atoms with Crippen LogP contribution >= 0.6 is 11.6 Å². The molecule has 2 atom stereocenters. The Morgan fingerprint density at radius 3 is 1.33 bits per heavy atom. The summed E-state index contributed by atoms with van der Waals surface area (Å²) < 4.78 is 73.7. The van der Waals surface area contributed by atoms with Crippen LogP contribution in [0.3, 0.4) is 0 Å². The van der Waals surface area contributed by atoms with Crippen LogP contribution in [0.1, 0.15) is 55.4 Å². The average Bonchev–Trinajstić information content (AvgIpc) is 0.811. The van der Waals surface area contributed by atoms with E-state index >= 15 is 0 Å². The van der Waals surface area contributed by atoms with E-state index in [2.05, 4.69) is 90.8 Å². The molecule has 24 heteroatoms. The first kappa shape index (κ1) is 73.1. The highest BCUT2D eigenvalue weighted by Gasteiger charge is 2.18. The van der Waals surface area contributed by atoms with Crippen molar-refractivity contribution < 1.29 is 40.6 Å². The molecule has 1 aliphatic rings. The number of hydrogen-bond acceptors (Lipinski definition) is 18. The Labute approximate surface area is 609 Å². The van der Waals surface area contributed by atoms with Crippen molar-refractivity contribution in [3.8, 4) is 75.8 Å². The van der Waals surface area contributed by atoms with Gasteiger partial charge >= 0.3 is 0 Å². The fourth-order valence-electron chi connectivity index (χ4n) is 10.6. The van der Waals surface area contributed by atoms with Gasteiger partial charge in [0.15, 0.2) is 11.5 Å². The molecule has 1 saturated heterocycles. The highest BCUT2D eigenvalue weighted by molar-refractivity contribution is 7.89. The lowest BCUT2D eigenvalue weighted by Crippen LogP contribution is -2.35. The molecule has 3 aromatic heterocycles. The molecule has 1 fully saturated rings. The van der Waals surface area contributed by atoms with E-state index in [0.29, 0.717) is 75.3 Å². The van der Waals surface area contributed by atoms with Crippen molar-refractivity contribution >= 4 is 105 Å². The lowest BCUT2D eigenvalue weighted by molar-refractivity contribution is -0.132. The summed E-state index contributed by atoms with van der Waals surface area (Å²) >= 11 is 6.44. The molecule has 1 amide bonds. The van der Waals surface area contributed by atoms with Crippen LogP contribution < -0.4 is 44.3 Å². The number of carbonyl (C=O) groups is 1. The monoisotopic (exact) mass is 1440 g/mol. The van der Waals surface area contributed by atoms with E-state index in [-0.39, 0.29) is 5.91 Å². The van der Waals surface area contributed by atoms with Crippen molar-refractivity contribution in [2.24, 2.45) is 0 Å². The Morgan fingerprint density at radius 2 is 0.894 bits per heavy atom. The maximum atomic E-state index is 12.0. The van der Waals surface area contributed by atoms with Gasteiger partial charge in [-0.1, -0.05) is 102 Å². The number of fused-ring (bicyclic) bond motifs is 3. The van der Waals surface area contributed by atoms with Crippen LogP contribution in [-0.2, 0) is 24.8 Å². The fraction of sp³-hybridized carbons (Fsp3) is 0.163. The minimum Gasteiger partial charge on any atom is -0.493 e. The maximum absolute atomic E-state index is 12.0. The number of benzene rings is 9. The number of sulfonamides is 2. The van der Waals surface area contributed by atoms with E-state index in [1.54, 1.807) is 39.4 Å². The van der Waals surface area contributed by atoms with Crippen molar-refractivity contribution in [2.75, 3.05) is 48.7 Å². The summed E-state index contributed by atoms with van der Waals surface area (Å²) in [5, 5.41) is 12.9. The van der Waals surface area contributed by atoms with Crippen LogP contribution in [0.15, 0.2) is 219 Å². The Hall–Kier alpha value is -12.1. The summed E-state index contributed by atoms with van der Waals surface area (Å²) in [5.74, 6) is 24.9. The van der Waals surface area contributed by atoms with Crippen molar-refractivity contribution in [3.05, 3.63) is 246 Å². The van der Waals surface area contributed by atoms with Gasteiger partial charge in [-0.25, -0.2) is 56.2 Å². The Balaban J connectivity index is 0.000000156. The van der Waals surface area contributed by atoms with E-state index in [1.165, 1.54) is 12.7 Å². The molecule has 4 heterocycles. The number of methoxy groups -OCH3 is 1. The zero-order valence-electron chi connectivity index (χ0n) is 57.5. The number of aryl methyl sites for hydroxylation is 1. The minimum absolute atomic E-state index is 0.194. The van der Waals surface area contributed by atoms with Crippen LogP contribution in [0.4, 0.5) is 34.5 Å². The Kier molecular flexibility index (Phi) is 24.2. The van der Waals surface area contributed by atoms with Crippen molar-refractivity contribution in [1.29, 1.82) is 0 Å². The van der Waals surface area contributed by atoms with Gasteiger partial charge in [0.25, 0.3) is 0 Å². The minimum atomic E-state index is -3.33. The topological polar surface area (TPSA) is 263 Å². The number of piperidine rings is 1. The molecule has 1 aliphatic heterocycles. The summed E-state index contributed by atoms with van der Waals surface area (Å²) in [4.78, 5) is 40.1. The number of amides is 1. The van der Waals surface area contributed by atoms with Gasteiger partial charge in [0.1, 0.15) is 65.2 Å². The van der Waals surface area contributed by atoms with Crippen LogP contribution in [0.5, 0.6) is 40.2 Å². The third-order valence-corrected chi connectivity index (χ3v) is 17.3. The smallest absolute Gasteiger partial charge is 0.223 e. The third kappa shape index (κ3) is 21.2. The summed E-state index contributed by atoms with van der Waals surface area (Å²) in [7, 11) is -5.08. The number of ether oxygens (including phenoxy) is 4. The molecule has 0 aliphatic carbocycles. The number of rotatable bonds is 18. The lowest BCUT2D eigenvalue weighted by Gasteiger charge is -2.24. The van der Waals surface area contributed by atoms with Crippen LogP contribution in [0.25, 0.3) is 32.7 Å². The molecular formula is C80H71ClN12O9S2. The molecule has 2 unspecified atom stereocenters. The first-order valence-corrected chi connectivity index (χ1v) is 37.0. The number of likely N-dealkylation sites (tertiary alicyclic amines) is 1. The van der Waals surface area contributed by atoms with Gasteiger partial charge < -0.3 is 39.8 Å². The highest BCUT2D eigenvalue weighted by atomic mass is 35.5. The second-order valence-electron chi connectivity index (χ2n) is 23.8. The number of anilines is 6. The van der Waals surface area contributed by atoms with Gasteiger partial charge in [0, 0.05) is 68.9 Å². The van der Waals surface area contributed by atoms with Gasteiger partial charge in [-0.3, -0.25) is 4.79 Å². The van der Waals surface area contributed by atoms with E-state index in [0.717, 1.165) is 104 Å². The largest absolute Gasteiger partial charge is 0.493 e. The molecule has 0 spiro atoms. The maximum Gasteiger partial charge on any atom is 0.223 e. The number of halogens is 1. The van der Waals surface area contributed by atoms with E-state index < -0.39 is 32.1 Å². The molecule has 0 bridgehead atoms. The van der Waals surface area contributed by atoms with Crippen molar-refractivity contribution in [1.82, 2.24) is 44.2 Å². The predicted molar refractivity (Wildman–Crippen MR) is 410 cm³/mol. The standard InChI is InChI=1S/C29H26N4O2.C26H24N4O4S.C25H21ClN4O3S/c1-21-18-23(13-15-27(21)35-24-9-3-2-4-10-24)32-29-25-19-22(12-14-26(25)30-20-31-29)8-7-17-33-16-6-5-11-28(33)34;1-18(30-35(3,31)32)9-10-19-11-13-23-22(15-19)26(28-17-27-23)29-20-12-14-24(25(16-20)33-2)34-21-7-5-4-6-8-21;1-17(30-34(2,31)32)8-9-18-10-12-23-21(14-18)25(28-16-27-23)29-19-11-13-24(22(26)15-19)33-20-6-4-3-5-7-20/h2-4,9-10,12-15,18-20H,5-6,11,16-17H2,1H3,(H,30,31,32);4-8,11-18,30H,1-3H3,(H,27,28,29);3-7,10-17,30H,1-2H3,(H,27,28,29). The summed E-state index contributed by atoms with van der Waals surface area (Å²) in [5.41, 5.74) is 7.99. The normalized spacial score (nSPS) is 12.4. The molecule has 5 N–H and O–H groups in total. The zero-order valence-corrected chi connectivity index (χ0v) is 59.9. The highest BCUT2D eigenvalue weighted by Crippen LogP contribution is 2.37. The number of nitrogens with one attached hydrogen (secondary N) is 5. The summed E-state index contributed by atoms with van der Waals surface area (Å²) in [6.07, 6.45) is 9.37. The second kappa shape index (κ2) is 34.5. The fourth-order valence-corrected chi connectivity index (χ4v) is 12.3. The number of para-hydroxylation sites is 3. The first-order chi connectivity index (χ1) is 50.2. The molecule has 104 heavy (non-hydrogen) atoms. The summed E-state index contributed by atoms with van der Waals surface area (Å²) in [6.45, 7) is 6.64. The molecule has 524 valence electrons. The van der Waals surface area contributed by atoms with Crippen LogP contribution in [0, 0.1) is 42.4 Å². The van der Waals surface area contributed by atoms with Crippen molar-refractivity contribution in [3.63, 3.8) is 0 Å². The molecule has 0 saturated carbocycles. The first-order valence-electron chi connectivity index (χ1n) is 32.8. The third-order valence-electron chi connectivity index (χ3n) is 15.4. The summed E-state index contributed by atoms with van der Waals surface area (Å²) in [6, 6.07) is 61.4. The lowest BCUT2D eigenvalue weighted by atomic mass is 10.1. The number of carbonyl (C=O) groups excluding carboxylic acids is 1. The van der Waals surface area contributed by atoms with E-state index in [1.807, 2.05) is 200 Å². The molecule has 13 rings (SSSR count). The molecule has 9 aromatic carbocycles. The van der Waals surface area contributed by atoms with Gasteiger partial charge in [-0.15, -0.1) is 0 Å². The van der Waals surface area contributed by atoms with Gasteiger partial charge in [-0.05, 0) is 179 Å². The number of hydrogen-bond donors (Lipinski definition) is 5. The van der Waals surface area contributed by atoms with Crippen LogP contribution in [0.2, 0.25) is 5.02 Å². The second-order valence-corrected chi connectivity index (χ2v) is 27.8. The number of aromatic nitrogens is 6. The SMILES string of the molecule is CC(C#Cc1ccc2ncnc(Nc3ccc(Oc4ccccc4)c(Cl)c3)c2c1)NS(C)(=O)=O.COc1cc(Nc2ncnc3ccc(C#CC(C)NS(C)(=O)=O)cc23)ccc1Oc1ccccc1.Cc1cc(Nc2ncnc3ccc(C#CCN4CCCCC4=O)cc23)ccc1Oc1ccccc1. The predicted octanol–water partition coefficient (Wildman–Crippen LogP) is 15.4. The molecule has 21 nitrogen and oxygen atoms in total. The molecule has 12 aromatic rings. The van der Waals surface area contributed by atoms with Crippen molar-refractivity contribution in [2.45, 2.75) is 52.1 Å².